The van der Waals surface area contributed by atoms with Crippen LogP contribution in [0, 0.1) is 0 Å². The second-order valence-corrected chi connectivity index (χ2v) is 18.4. The van der Waals surface area contributed by atoms with Crippen molar-refractivity contribution in [2.45, 2.75) is 212 Å². The number of quaternary nitrogens is 1. The third-order valence-corrected chi connectivity index (χ3v) is 11.2. The van der Waals surface area contributed by atoms with Crippen molar-refractivity contribution >= 4 is 17.9 Å². The summed E-state index contributed by atoms with van der Waals surface area (Å²) >= 11 is 0. The first-order chi connectivity index (χ1) is 32.1. The molecule has 0 radical (unpaired) electrons. The molecule has 2 atom stereocenters. The van der Waals surface area contributed by atoms with Crippen LogP contribution in [0.4, 0.5) is 0 Å². The highest BCUT2D eigenvalue weighted by Gasteiger charge is 2.25. The molecule has 0 heterocycles. The van der Waals surface area contributed by atoms with Gasteiger partial charge in [-0.05, 0) is 89.9 Å². The maximum atomic E-state index is 12.8. The number of carbonyl (C=O) groups excluding carboxylic acids is 3. The number of esters is 2. The van der Waals surface area contributed by atoms with Crippen molar-refractivity contribution in [1.29, 1.82) is 0 Å². The number of likely N-dealkylation sites (N-methyl/N-ethyl adjacent to an activating group) is 1. The van der Waals surface area contributed by atoms with Crippen LogP contribution in [0.25, 0.3) is 0 Å². The van der Waals surface area contributed by atoms with Crippen LogP contribution in [0.5, 0.6) is 0 Å². The molecule has 8 heteroatoms. The number of carbonyl (C=O) groups is 3. The zero-order valence-corrected chi connectivity index (χ0v) is 42.8. The van der Waals surface area contributed by atoms with Gasteiger partial charge in [0.1, 0.15) is 12.6 Å². The number of aliphatic carboxylic acids is 1. The summed E-state index contributed by atoms with van der Waals surface area (Å²) in [6.45, 7) is 4.49. The van der Waals surface area contributed by atoms with E-state index in [1.165, 1.54) is 83.5 Å². The van der Waals surface area contributed by atoms with E-state index in [1.807, 2.05) is 0 Å². The Morgan fingerprint density at radius 1 is 0.485 bits per heavy atom. The molecule has 0 aromatic rings. The van der Waals surface area contributed by atoms with Crippen LogP contribution in [-0.2, 0) is 28.6 Å². The Labute approximate surface area is 405 Å². The van der Waals surface area contributed by atoms with Crippen molar-refractivity contribution in [2.24, 2.45) is 0 Å². The molecule has 0 rings (SSSR count). The molecular formula is C58H97NO7. The average Bonchev–Trinajstić information content (AvgIpc) is 3.28. The van der Waals surface area contributed by atoms with E-state index in [2.05, 4.69) is 111 Å². The molecule has 0 aliphatic carbocycles. The summed E-state index contributed by atoms with van der Waals surface area (Å²) in [5, 5.41) is 11.7. The van der Waals surface area contributed by atoms with Gasteiger partial charge in [-0.1, -0.05) is 188 Å². The fourth-order valence-electron chi connectivity index (χ4n) is 7.18. The van der Waals surface area contributed by atoms with Gasteiger partial charge in [0.25, 0.3) is 0 Å². The Bertz CT molecular complexity index is 1400. The molecule has 0 spiro atoms. The standard InChI is InChI=1S/C58H97NO7/c1-6-8-10-12-14-16-18-20-22-24-26-28-29-31-33-35-37-39-41-43-45-47-49-57(61)66-54(52-64-51-50-55(58(62)63)59(3,4)5)53-65-56(60)48-46-44-42-40-38-36-34-32-30-27-25-23-21-19-17-15-13-11-9-7-2/h8,10,14,16-17,19-23,26,28,31,33,37,39,54-55H,6-7,9,11-13,15,18,24-25,27,29-30,32,34-36,38,40-53H2,1-5H3/b10-8+,16-14+,19-17+,22-20+,23-21+,28-26+,33-31+,39-37+. The lowest BCUT2D eigenvalue weighted by molar-refractivity contribution is -0.889. The third-order valence-electron chi connectivity index (χ3n) is 11.2. The number of rotatable bonds is 46. The summed E-state index contributed by atoms with van der Waals surface area (Å²) in [6, 6.07) is -0.739. The number of allylic oxidation sites excluding steroid dienone is 16. The molecule has 2 unspecified atom stereocenters. The SMILES string of the molecule is CC/C=C/C/C=C/C/C=C/C/C=C/C/C=C/C/C=C/CCCCCC(=O)OC(COCCC(C(=O)[O-])[N+](C)(C)C)COC(=O)CCCCCCCCCCCC/C=C/C=C/CCCCCC. The molecule has 0 amide bonds. The summed E-state index contributed by atoms with van der Waals surface area (Å²) in [7, 11) is 5.40. The number of hydrogen-bond donors (Lipinski definition) is 0. The van der Waals surface area contributed by atoms with Gasteiger partial charge in [0.05, 0.1) is 40.3 Å². The first kappa shape index (κ1) is 62.2. The second-order valence-electron chi connectivity index (χ2n) is 18.4. The van der Waals surface area contributed by atoms with E-state index >= 15 is 0 Å². The van der Waals surface area contributed by atoms with E-state index in [9.17, 15) is 19.5 Å². The lowest BCUT2D eigenvalue weighted by Gasteiger charge is -2.34. The Morgan fingerprint density at radius 3 is 1.36 bits per heavy atom. The lowest BCUT2D eigenvalue weighted by atomic mass is 10.1. The summed E-state index contributed by atoms with van der Waals surface area (Å²) in [5.74, 6) is -1.79. The van der Waals surface area contributed by atoms with Gasteiger partial charge in [0.2, 0.25) is 0 Å². The first-order valence-electron chi connectivity index (χ1n) is 26.3. The van der Waals surface area contributed by atoms with Crippen molar-refractivity contribution in [2.75, 3.05) is 41.0 Å². The predicted octanol–water partition coefficient (Wildman–Crippen LogP) is 14.1. The van der Waals surface area contributed by atoms with Gasteiger partial charge >= 0.3 is 11.9 Å². The molecule has 0 N–H and O–H groups in total. The van der Waals surface area contributed by atoms with Gasteiger partial charge in [-0.3, -0.25) is 9.59 Å². The molecule has 0 aliphatic heterocycles. The van der Waals surface area contributed by atoms with Crippen molar-refractivity contribution in [3.63, 3.8) is 0 Å². The molecule has 0 bridgehead atoms. The summed E-state index contributed by atoms with van der Waals surface area (Å²) in [6.07, 6.45) is 64.3. The van der Waals surface area contributed by atoms with Gasteiger partial charge in [-0.2, -0.15) is 0 Å². The van der Waals surface area contributed by atoms with Crippen LogP contribution in [0.3, 0.4) is 0 Å². The molecule has 0 aliphatic rings. The second kappa shape index (κ2) is 47.7. The molecule has 0 fully saturated rings. The van der Waals surface area contributed by atoms with E-state index in [0.717, 1.165) is 77.0 Å². The van der Waals surface area contributed by atoms with Crippen molar-refractivity contribution < 1.29 is 38.2 Å². The molecule has 66 heavy (non-hydrogen) atoms. The summed E-state index contributed by atoms with van der Waals surface area (Å²) in [4.78, 5) is 37.1. The van der Waals surface area contributed by atoms with Crippen molar-refractivity contribution in [1.82, 2.24) is 0 Å². The van der Waals surface area contributed by atoms with Crippen LogP contribution in [0.1, 0.15) is 200 Å². The fourth-order valence-corrected chi connectivity index (χ4v) is 7.18. The highest BCUT2D eigenvalue weighted by molar-refractivity contribution is 5.70. The number of unbranched alkanes of at least 4 members (excludes halogenated alkanes) is 17. The van der Waals surface area contributed by atoms with Crippen LogP contribution in [-0.4, -0.2) is 75.5 Å². The highest BCUT2D eigenvalue weighted by Crippen LogP contribution is 2.14. The zero-order chi connectivity index (χ0) is 48.4. The van der Waals surface area contributed by atoms with Gasteiger partial charge in [0.15, 0.2) is 6.10 Å². The van der Waals surface area contributed by atoms with E-state index < -0.39 is 18.1 Å². The molecular weight excluding hydrogens is 823 g/mol. The largest absolute Gasteiger partial charge is 0.544 e. The molecule has 8 nitrogen and oxygen atoms in total. The Hall–Kier alpha value is -3.75. The van der Waals surface area contributed by atoms with Gasteiger partial charge in [-0.25, -0.2) is 0 Å². The summed E-state index contributed by atoms with van der Waals surface area (Å²) in [5.41, 5.74) is 0. The van der Waals surface area contributed by atoms with Crippen LogP contribution >= 0.6 is 0 Å². The monoisotopic (exact) mass is 920 g/mol. The van der Waals surface area contributed by atoms with Crippen LogP contribution in [0.15, 0.2) is 97.2 Å². The number of ether oxygens (including phenoxy) is 3. The number of hydrogen-bond acceptors (Lipinski definition) is 7. The number of carboxylic acid groups (broad SMARTS) is 1. The molecule has 0 saturated heterocycles. The van der Waals surface area contributed by atoms with Crippen molar-refractivity contribution in [3.8, 4) is 0 Å². The first-order valence-corrected chi connectivity index (χ1v) is 26.3. The minimum atomic E-state index is -1.13. The quantitative estimate of drug-likeness (QED) is 0.0197. The van der Waals surface area contributed by atoms with Crippen LogP contribution < -0.4 is 5.11 Å². The maximum Gasteiger partial charge on any atom is 0.306 e. The van der Waals surface area contributed by atoms with Gasteiger partial charge in [0, 0.05) is 19.3 Å². The third kappa shape index (κ3) is 45.4. The normalized spacial score (nSPS) is 13.7. The topological polar surface area (TPSA) is 102 Å². The minimum Gasteiger partial charge on any atom is -0.544 e. The maximum absolute atomic E-state index is 12.8. The number of nitrogens with zero attached hydrogens (tertiary/aromatic N) is 1. The van der Waals surface area contributed by atoms with Gasteiger partial charge in [-0.15, -0.1) is 0 Å². The van der Waals surface area contributed by atoms with Gasteiger partial charge < -0.3 is 28.6 Å². The average molecular weight is 920 g/mol. The predicted molar refractivity (Wildman–Crippen MR) is 277 cm³/mol. The Kier molecular flexibility index (Phi) is 45.0. The molecule has 0 aromatic heterocycles. The van der Waals surface area contributed by atoms with E-state index in [0.29, 0.717) is 12.8 Å². The van der Waals surface area contributed by atoms with E-state index in [-0.39, 0.29) is 49.1 Å². The van der Waals surface area contributed by atoms with Crippen molar-refractivity contribution in [3.05, 3.63) is 97.2 Å². The lowest BCUT2D eigenvalue weighted by Crippen LogP contribution is -2.55. The molecule has 376 valence electrons. The smallest absolute Gasteiger partial charge is 0.306 e. The molecule has 0 aromatic carbocycles. The Balaban J connectivity index is 4.33. The van der Waals surface area contributed by atoms with Crippen LogP contribution in [0.2, 0.25) is 0 Å². The molecule has 0 saturated carbocycles. The van der Waals surface area contributed by atoms with E-state index in [1.54, 1.807) is 21.1 Å². The minimum absolute atomic E-state index is 0.0204. The number of carboxylic acids is 1. The highest BCUT2D eigenvalue weighted by atomic mass is 16.6. The Morgan fingerprint density at radius 2 is 0.894 bits per heavy atom. The summed E-state index contributed by atoms with van der Waals surface area (Å²) < 4.78 is 17.2. The fraction of sp³-hybridized carbons (Fsp3) is 0.672. The van der Waals surface area contributed by atoms with E-state index in [4.69, 9.17) is 14.2 Å². The zero-order valence-electron chi connectivity index (χ0n) is 42.8.